The minimum absolute atomic E-state index is 0.259. The number of nitrogens with two attached hydrogens (primary N) is 3. The molecule has 0 atom stereocenters. The van der Waals surface area contributed by atoms with Crippen molar-refractivity contribution >= 4 is 11.8 Å². The lowest BCUT2D eigenvalue weighted by molar-refractivity contribution is 0.364. The maximum Gasteiger partial charge on any atom is 0.102 e. The Bertz CT molecular complexity index is 1440. The molecule has 220 valence electrons. The normalized spacial score (nSPS) is 9.83. The molecule has 6 nitrogen and oxygen atoms in total. The number of nitrogens with zero attached hydrogens (tertiary/aromatic N) is 2. The second kappa shape index (κ2) is 18.6. The lowest BCUT2D eigenvalue weighted by Crippen LogP contribution is -2.33. The van der Waals surface area contributed by atoms with Crippen molar-refractivity contribution in [2.45, 2.75) is 27.7 Å². The van der Waals surface area contributed by atoms with E-state index in [1.54, 1.807) is 6.08 Å². The van der Waals surface area contributed by atoms with Gasteiger partial charge in [0.15, 0.2) is 0 Å². The van der Waals surface area contributed by atoms with Gasteiger partial charge in [0.25, 0.3) is 0 Å². The van der Waals surface area contributed by atoms with Gasteiger partial charge in [-0.15, -0.1) is 0 Å². The first-order valence-electron chi connectivity index (χ1n) is 14.0. The van der Waals surface area contributed by atoms with Crippen LogP contribution in [0.15, 0.2) is 104 Å². The van der Waals surface area contributed by atoms with Crippen molar-refractivity contribution in [2.24, 2.45) is 16.9 Å². The Labute approximate surface area is 252 Å². The maximum atomic E-state index is 10.0. The molecule has 4 aromatic rings. The fraction of sp³-hybridized carbons (Fsp3) is 0.222. The van der Waals surface area contributed by atoms with Crippen LogP contribution in [0.1, 0.15) is 38.8 Å². The summed E-state index contributed by atoms with van der Waals surface area (Å²) in [4.78, 5) is 4.85. The summed E-state index contributed by atoms with van der Waals surface area (Å²) >= 11 is 0. The average Bonchev–Trinajstić information content (AvgIpc) is 3.03. The van der Waals surface area contributed by atoms with Crippen molar-refractivity contribution in [1.29, 1.82) is 5.26 Å². The highest BCUT2D eigenvalue weighted by molar-refractivity contribution is 5.86. The molecule has 0 unspecified atom stereocenters. The van der Waals surface area contributed by atoms with E-state index in [4.69, 9.17) is 16.5 Å². The lowest BCUT2D eigenvalue weighted by Gasteiger charge is -2.20. The van der Waals surface area contributed by atoms with Gasteiger partial charge >= 0.3 is 0 Å². The van der Waals surface area contributed by atoms with Gasteiger partial charge in [-0.05, 0) is 54.5 Å². The molecule has 0 saturated heterocycles. The van der Waals surface area contributed by atoms with E-state index in [0.717, 1.165) is 46.6 Å². The summed E-state index contributed by atoms with van der Waals surface area (Å²) in [6, 6.07) is 29.7. The van der Waals surface area contributed by atoms with Gasteiger partial charge in [-0.2, -0.15) is 5.26 Å². The minimum atomic E-state index is 0.259. The Morgan fingerprint density at radius 3 is 2.02 bits per heavy atom. The number of nitrogens with one attached hydrogen (secondary N) is 1. The molecule has 4 rings (SSSR count). The van der Waals surface area contributed by atoms with Crippen LogP contribution in [0.2, 0.25) is 0 Å². The van der Waals surface area contributed by atoms with Crippen molar-refractivity contribution < 1.29 is 0 Å². The zero-order valence-corrected chi connectivity index (χ0v) is 25.7. The van der Waals surface area contributed by atoms with Crippen LogP contribution in [-0.4, -0.2) is 25.1 Å². The number of anilines is 1. The van der Waals surface area contributed by atoms with Gasteiger partial charge in [-0.25, -0.2) is 4.98 Å². The molecular weight excluding hydrogens is 516 g/mol. The summed E-state index contributed by atoms with van der Waals surface area (Å²) in [5.74, 6) is 0. The van der Waals surface area contributed by atoms with Gasteiger partial charge in [0.05, 0.1) is 17.0 Å². The molecule has 1 aromatic heterocycles. The zero-order valence-electron chi connectivity index (χ0n) is 25.7. The highest BCUT2D eigenvalue weighted by Crippen LogP contribution is 2.36. The summed E-state index contributed by atoms with van der Waals surface area (Å²) in [6.45, 7) is 17.0. The molecule has 0 aliphatic heterocycles. The Kier molecular flexibility index (Phi) is 15.7. The molecule has 0 aliphatic carbocycles. The molecule has 0 radical (unpaired) electrons. The van der Waals surface area contributed by atoms with Crippen LogP contribution in [0.3, 0.4) is 0 Å². The number of hydrogen-bond acceptors (Lipinski definition) is 6. The third-order valence-corrected chi connectivity index (χ3v) is 6.06. The molecule has 6 heteroatoms. The van der Waals surface area contributed by atoms with Gasteiger partial charge in [0, 0.05) is 28.9 Å². The van der Waals surface area contributed by atoms with Crippen LogP contribution < -0.4 is 22.5 Å². The Hall–Kier alpha value is -4.70. The smallest absolute Gasteiger partial charge is 0.102 e. The van der Waals surface area contributed by atoms with Gasteiger partial charge in [-0.3, -0.25) is 0 Å². The van der Waals surface area contributed by atoms with E-state index >= 15 is 0 Å². The monoisotopic (exact) mass is 562 g/mol. The van der Waals surface area contributed by atoms with Gasteiger partial charge < -0.3 is 22.5 Å². The first kappa shape index (κ1) is 35.3. The van der Waals surface area contributed by atoms with E-state index in [1.165, 1.54) is 6.20 Å². The summed E-state index contributed by atoms with van der Waals surface area (Å²) < 4.78 is 0. The SMILES string of the molecule is C=CN.C=Cc1cccc(-c2cc(-c3ccccc3N)nc(-c3ccccc3)c2C#N)c1.CC.CNCC(C)(C)CN. The van der Waals surface area contributed by atoms with Crippen molar-refractivity contribution in [3.8, 4) is 39.7 Å². The van der Waals surface area contributed by atoms with E-state index in [0.29, 0.717) is 16.9 Å². The maximum absolute atomic E-state index is 10.0. The zero-order chi connectivity index (χ0) is 31.5. The predicted octanol–water partition coefficient (Wildman–Crippen LogP) is 7.48. The Balaban J connectivity index is 0.000000576. The van der Waals surface area contributed by atoms with Gasteiger partial charge in [-0.1, -0.05) is 114 Å². The molecular formula is C36H46N6. The van der Waals surface area contributed by atoms with Crippen LogP contribution >= 0.6 is 0 Å². The Morgan fingerprint density at radius 1 is 0.905 bits per heavy atom. The number of nitrogen functional groups attached to an aromatic ring is 1. The summed E-state index contributed by atoms with van der Waals surface area (Å²) in [5, 5.41) is 13.1. The number of hydrogen-bond donors (Lipinski definition) is 4. The second-order valence-corrected chi connectivity index (χ2v) is 9.81. The first-order chi connectivity index (χ1) is 20.2. The van der Waals surface area contributed by atoms with Crippen molar-refractivity contribution in [1.82, 2.24) is 10.3 Å². The summed E-state index contributed by atoms with van der Waals surface area (Å²) in [7, 11) is 1.94. The van der Waals surface area contributed by atoms with Crippen LogP contribution in [0.25, 0.3) is 39.7 Å². The molecule has 0 aliphatic rings. The second-order valence-electron chi connectivity index (χ2n) is 9.81. The van der Waals surface area contributed by atoms with E-state index in [-0.39, 0.29) is 5.41 Å². The van der Waals surface area contributed by atoms with Gasteiger partial charge in [0.1, 0.15) is 6.07 Å². The van der Waals surface area contributed by atoms with E-state index in [2.05, 4.69) is 44.1 Å². The summed E-state index contributed by atoms with van der Waals surface area (Å²) in [6.07, 6.45) is 3.05. The molecule has 0 amide bonds. The highest BCUT2D eigenvalue weighted by atomic mass is 14.8. The van der Waals surface area contributed by atoms with E-state index < -0.39 is 0 Å². The van der Waals surface area contributed by atoms with Crippen LogP contribution in [0, 0.1) is 16.7 Å². The topological polar surface area (TPSA) is 127 Å². The highest BCUT2D eigenvalue weighted by Gasteiger charge is 2.17. The number of aromatic nitrogens is 1. The molecule has 7 N–H and O–H groups in total. The number of benzene rings is 3. The standard InChI is InChI=1S/C26H19N3.C6H16N2.C2H5N.C2H6/c1-2-18-9-8-12-20(15-18)22-16-25(21-13-6-7-14-24(21)28)29-26(23(22)17-27)19-10-4-3-5-11-19;1-6(2,4-7)5-8-3;1-2-3;1-2/h2-16H,1,28H2;8H,4-5,7H2,1-3H3;2H,1,3H2;1-2H3. The Morgan fingerprint density at radius 2 is 1.50 bits per heavy atom. The lowest BCUT2D eigenvalue weighted by atomic mass is 9.93. The fourth-order valence-electron chi connectivity index (χ4n) is 3.94. The summed E-state index contributed by atoms with van der Waals surface area (Å²) in [5.41, 5.74) is 23.6. The van der Waals surface area contributed by atoms with Crippen molar-refractivity contribution in [3.63, 3.8) is 0 Å². The molecule has 0 fully saturated rings. The number of nitriles is 1. The first-order valence-corrected chi connectivity index (χ1v) is 14.0. The molecule has 0 bridgehead atoms. The largest absolute Gasteiger partial charge is 0.405 e. The molecule has 42 heavy (non-hydrogen) atoms. The number of pyridine rings is 1. The molecule has 1 heterocycles. The third kappa shape index (κ3) is 10.4. The van der Waals surface area contributed by atoms with E-state index in [9.17, 15) is 5.26 Å². The van der Waals surface area contributed by atoms with Crippen LogP contribution in [-0.2, 0) is 0 Å². The fourth-order valence-corrected chi connectivity index (χ4v) is 3.94. The molecule has 3 aromatic carbocycles. The third-order valence-electron chi connectivity index (χ3n) is 6.06. The average molecular weight is 563 g/mol. The minimum Gasteiger partial charge on any atom is -0.405 e. The number of para-hydroxylation sites is 1. The quantitative estimate of drug-likeness (QED) is 0.173. The molecule has 0 saturated carbocycles. The van der Waals surface area contributed by atoms with Gasteiger partial charge in [0.2, 0.25) is 0 Å². The number of rotatable bonds is 7. The van der Waals surface area contributed by atoms with Crippen molar-refractivity contribution in [3.05, 3.63) is 115 Å². The predicted molar refractivity (Wildman–Crippen MR) is 182 cm³/mol. The molecule has 0 spiro atoms. The van der Waals surface area contributed by atoms with Crippen LogP contribution in [0.4, 0.5) is 5.69 Å². The van der Waals surface area contributed by atoms with E-state index in [1.807, 2.05) is 106 Å². The van der Waals surface area contributed by atoms with Crippen molar-refractivity contribution in [2.75, 3.05) is 25.9 Å². The van der Waals surface area contributed by atoms with Crippen LogP contribution in [0.5, 0.6) is 0 Å².